The molecule has 4 rings (SSSR count). The number of hydrogen-bond acceptors (Lipinski definition) is 6. The first-order chi connectivity index (χ1) is 15.5. The molecule has 0 atom stereocenters. The van der Waals surface area contributed by atoms with E-state index in [9.17, 15) is 14.7 Å². The van der Waals surface area contributed by atoms with Crippen LogP contribution in [0.2, 0.25) is 0 Å². The standard InChI is InChI=1S/C22H18IN3O6/c23-17-12-24-20-19(30-11-10-26(20)22(28)29)18(17)32-16-8-6-15(7-9-16)25-21(27)31-13-14-4-2-1-3-5-14/h1-9,12H,10-11,13H2,(H,25,27)(H,28,29). The second-order valence-corrected chi connectivity index (χ2v) is 7.85. The second kappa shape index (κ2) is 9.73. The van der Waals surface area contributed by atoms with Crippen LogP contribution in [0, 0.1) is 3.57 Å². The summed E-state index contributed by atoms with van der Waals surface area (Å²) in [5, 5.41) is 12.0. The summed E-state index contributed by atoms with van der Waals surface area (Å²) in [6.45, 7) is 0.564. The van der Waals surface area contributed by atoms with Gasteiger partial charge in [0, 0.05) is 11.9 Å². The minimum atomic E-state index is -1.11. The number of benzene rings is 2. The SMILES string of the molecule is O=C(Nc1ccc(Oc2c(I)cnc3c2OCCN3C(=O)O)cc1)OCc1ccccc1. The fourth-order valence-electron chi connectivity index (χ4n) is 2.99. The van der Waals surface area contributed by atoms with Gasteiger partial charge >= 0.3 is 12.2 Å². The maximum atomic E-state index is 12.0. The van der Waals surface area contributed by atoms with Gasteiger partial charge in [0.15, 0.2) is 11.6 Å². The van der Waals surface area contributed by atoms with E-state index in [1.165, 1.54) is 6.20 Å². The lowest BCUT2D eigenvalue weighted by atomic mass is 10.2. The van der Waals surface area contributed by atoms with Gasteiger partial charge in [0.05, 0.1) is 10.1 Å². The van der Waals surface area contributed by atoms with E-state index in [-0.39, 0.29) is 31.3 Å². The van der Waals surface area contributed by atoms with Gasteiger partial charge in [-0.2, -0.15) is 0 Å². The summed E-state index contributed by atoms with van der Waals surface area (Å²) >= 11 is 2.05. The first-order valence-electron chi connectivity index (χ1n) is 9.58. The molecule has 0 fully saturated rings. The zero-order chi connectivity index (χ0) is 22.5. The number of fused-ring (bicyclic) bond motifs is 1. The summed E-state index contributed by atoms with van der Waals surface area (Å²) in [6.07, 6.45) is -0.149. The monoisotopic (exact) mass is 547 g/mol. The number of ether oxygens (including phenoxy) is 3. The molecule has 0 saturated carbocycles. The van der Waals surface area contributed by atoms with Crippen molar-refractivity contribution in [1.82, 2.24) is 4.98 Å². The van der Waals surface area contributed by atoms with Gasteiger partial charge in [-0.3, -0.25) is 10.2 Å². The van der Waals surface area contributed by atoms with Crippen molar-refractivity contribution in [1.29, 1.82) is 0 Å². The van der Waals surface area contributed by atoms with Gasteiger partial charge in [-0.25, -0.2) is 14.6 Å². The molecule has 1 aliphatic rings. The minimum absolute atomic E-state index is 0.173. The van der Waals surface area contributed by atoms with Gasteiger partial charge in [-0.05, 0) is 52.4 Å². The maximum absolute atomic E-state index is 12.0. The van der Waals surface area contributed by atoms with Crippen LogP contribution >= 0.6 is 22.6 Å². The van der Waals surface area contributed by atoms with Crippen molar-refractivity contribution in [3.05, 3.63) is 69.9 Å². The highest BCUT2D eigenvalue weighted by Gasteiger charge is 2.29. The lowest BCUT2D eigenvalue weighted by Gasteiger charge is -2.27. The smallest absolute Gasteiger partial charge is 0.413 e. The van der Waals surface area contributed by atoms with Gasteiger partial charge in [0.25, 0.3) is 0 Å². The van der Waals surface area contributed by atoms with E-state index < -0.39 is 12.2 Å². The third-order valence-electron chi connectivity index (χ3n) is 4.51. The summed E-state index contributed by atoms with van der Waals surface area (Å²) < 4.78 is 17.5. The second-order valence-electron chi connectivity index (χ2n) is 6.68. The Bertz CT molecular complexity index is 1120. The van der Waals surface area contributed by atoms with Crippen LogP contribution in [-0.2, 0) is 11.3 Å². The van der Waals surface area contributed by atoms with E-state index in [0.717, 1.165) is 10.5 Å². The Morgan fingerprint density at radius 1 is 1.16 bits per heavy atom. The number of amides is 2. The van der Waals surface area contributed by atoms with E-state index in [1.807, 2.05) is 52.9 Å². The van der Waals surface area contributed by atoms with Crippen molar-refractivity contribution in [3.8, 4) is 17.2 Å². The Morgan fingerprint density at radius 3 is 2.62 bits per heavy atom. The molecule has 2 heterocycles. The van der Waals surface area contributed by atoms with E-state index in [0.29, 0.717) is 20.8 Å². The molecule has 164 valence electrons. The Balaban J connectivity index is 1.42. The highest BCUT2D eigenvalue weighted by Crippen LogP contribution is 2.43. The number of carboxylic acid groups (broad SMARTS) is 1. The number of aromatic nitrogens is 1. The van der Waals surface area contributed by atoms with Crippen molar-refractivity contribution < 1.29 is 28.9 Å². The molecule has 1 aromatic heterocycles. The first-order valence-corrected chi connectivity index (χ1v) is 10.7. The molecule has 0 unspecified atom stereocenters. The molecular weight excluding hydrogens is 529 g/mol. The average molecular weight is 547 g/mol. The number of anilines is 2. The highest BCUT2D eigenvalue weighted by atomic mass is 127. The van der Waals surface area contributed by atoms with Crippen LogP contribution in [0.4, 0.5) is 21.1 Å². The van der Waals surface area contributed by atoms with Crippen LogP contribution in [0.3, 0.4) is 0 Å². The first kappa shape index (κ1) is 21.7. The Labute approximate surface area is 197 Å². The quantitative estimate of drug-likeness (QED) is 0.428. The number of nitrogens with zero attached hydrogens (tertiary/aromatic N) is 2. The zero-order valence-electron chi connectivity index (χ0n) is 16.7. The Hall–Kier alpha value is -3.54. The fraction of sp³-hybridized carbons (Fsp3) is 0.136. The van der Waals surface area contributed by atoms with Gasteiger partial charge in [-0.15, -0.1) is 0 Å². The van der Waals surface area contributed by atoms with Gasteiger partial charge in [-0.1, -0.05) is 30.3 Å². The number of rotatable bonds is 5. The lowest BCUT2D eigenvalue weighted by Crippen LogP contribution is -2.37. The number of hydrogen-bond donors (Lipinski definition) is 2. The van der Waals surface area contributed by atoms with Gasteiger partial charge in [0.1, 0.15) is 19.0 Å². The zero-order valence-corrected chi connectivity index (χ0v) is 18.8. The summed E-state index contributed by atoms with van der Waals surface area (Å²) in [4.78, 5) is 28.8. The third kappa shape index (κ3) is 5.02. The molecule has 0 saturated heterocycles. The molecule has 0 aliphatic carbocycles. The molecule has 3 aromatic rings. The van der Waals surface area contributed by atoms with Crippen LogP contribution in [0.5, 0.6) is 17.2 Å². The van der Waals surface area contributed by atoms with E-state index in [1.54, 1.807) is 24.3 Å². The van der Waals surface area contributed by atoms with Crippen molar-refractivity contribution in [2.75, 3.05) is 23.4 Å². The molecule has 0 radical (unpaired) electrons. The highest BCUT2D eigenvalue weighted by molar-refractivity contribution is 14.1. The molecule has 0 bridgehead atoms. The van der Waals surface area contributed by atoms with E-state index in [4.69, 9.17) is 14.2 Å². The largest absolute Gasteiger partial charge is 0.484 e. The average Bonchev–Trinajstić information content (AvgIpc) is 2.81. The molecule has 2 amide bonds. The number of halogens is 1. The van der Waals surface area contributed by atoms with E-state index >= 15 is 0 Å². The predicted octanol–water partition coefficient (Wildman–Crippen LogP) is 5.10. The lowest BCUT2D eigenvalue weighted by molar-refractivity contribution is 0.155. The van der Waals surface area contributed by atoms with Crippen LogP contribution in [0.1, 0.15) is 5.56 Å². The normalized spacial score (nSPS) is 12.3. The maximum Gasteiger partial charge on any atom is 0.413 e. The summed E-state index contributed by atoms with van der Waals surface area (Å²) in [6, 6.07) is 16.1. The Morgan fingerprint density at radius 2 is 1.91 bits per heavy atom. The van der Waals surface area contributed by atoms with Crippen molar-refractivity contribution in [3.63, 3.8) is 0 Å². The summed E-state index contributed by atoms with van der Waals surface area (Å²) in [7, 11) is 0. The van der Waals surface area contributed by atoms with Crippen molar-refractivity contribution in [2.45, 2.75) is 6.61 Å². The molecule has 1 aliphatic heterocycles. The number of carbonyl (C=O) groups excluding carboxylic acids is 1. The van der Waals surface area contributed by atoms with E-state index in [2.05, 4.69) is 10.3 Å². The fourth-order valence-corrected chi connectivity index (χ4v) is 3.49. The molecular formula is C22H18IN3O6. The molecule has 2 N–H and O–H groups in total. The molecule has 9 nitrogen and oxygen atoms in total. The number of carbonyl (C=O) groups is 2. The van der Waals surface area contributed by atoms with Crippen LogP contribution in [0.25, 0.3) is 0 Å². The topological polar surface area (TPSA) is 110 Å². The van der Waals surface area contributed by atoms with Crippen molar-refractivity contribution >= 4 is 46.3 Å². The summed E-state index contributed by atoms with van der Waals surface area (Å²) in [5.41, 5.74) is 1.43. The minimum Gasteiger partial charge on any atom is -0.484 e. The van der Waals surface area contributed by atoms with Crippen molar-refractivity contribution in [2.24, 2.45) is 0 Å². The van der Waals surface area contributed by atoms with Crippen LogP contribution in [-0.4, -0.2) is 35.4 Å². The molecule has 0 spiro atoms. The Kier molecular flexibility index (Phi) is 6.59. The van der Waals surface area contributed by atoms with Gasteiger partial charge in [0.2, 0.25) is 5.75 Å². The number of pyridine rings is 1. The van der Waals surface area contributed by atoms with Crippen LogP contribution in [0.15, 0.2) is 60.8 Å². The molecule has 10 heteroatoms. The van der Waals surface area contributed by atoms with Crippen LogP contribution < -0.4 is 19.7 Å². The molecule has 32 heavy (non-hydrogen) atoms. The molecule has 2 aromatic carbocycles. The number of nitrogens with one attached hydrogen (secondary N) is 1. The third-order valence-corrected chi connectivity index (χ3v) is 5.28. The summed E-state index contributed by atoms with van der Waals surface area (Å²) in [5.74, 6) is 1.33. The predicted molar refractivity (Wildman–Crippen MR) is 125 cm³/mol. The van der Waals surface area contributed by atoms with Gasteiger partial charge < -0.3 is 19.3 Å².